The average Bonchev–Trinajstić information content (AvgIpc) is 3.39. The number of nitrogens with zero attached hydrogens (tertiary/aromatic N) is 3. The molecule has 1 saturated heterocycles. The second-order valence-electron chi connectivity index (χ2n) is 8.02. The number of benzene rings is 2. The number of carbonyl (C=O) groups is 1. The minimum Gasteiger partial charge on any atom is -0.495 e. The summed E-state index contributed by atoms with van der Waals surface area (Å²) < 4.78 is 5.49. The largest absolute Gasteiger partial charge is 0.495 e. The first-order chi connectivity index (χ1) is 15.9. The number of rotatable bonds is 8. The Kier molecular flexibility index (Phi) is 6.73. The molecule has 4 rings (SSSR count). The third-order valence-electron chi connectivity index (χ3n) is 6.04. The van der Waals surface area contributed by atoms with Gasteiger partial charge < -0.3 is 15.4 Å². The first-order valence-electron chi connectivity index (χ1n) is 10.6. The molecule has 2 heterocycles. The maximum atomic E-state index is 13.6. The van der Waals surface area contributed by atoms with Gasteiger partial charge in [0.1, 0.15) is 11.3 Å². The zero-order chi connectivity index (χ0) is 23.4. The molecule has 1 unspecified atom stereocenters. The Morgan fingerprint density at radius 1 is 1.12 bits per heavy atom. The van der Waals surface area contributed by atoms with Gasteiger partial charge in [-0.1, -0.05) is 24.3 Å². The molecule has 1 aliphatic heterocycles. The fourth-order valence-electron chi connectivity index (χ4n) is 4.33. The standard InChI is InChI=1S/C24H26N4O4S/c1-32-22-9-5-4-8-21(22)27-13-11-26(12-14-27)17-24(25,23(29)18-10-15-33-16-18)19-6-2-3-7-20(19)28(30)31/h2-10,15-16H,11-14,17,25H2,1H3. The molecule has 1 aromatic heterocycles. The first kappa shape index (κ1) is 22.9. The number of para-hydroxylation sites is 3. The summed E-state index contributed by atoms with van der Waals surface area (Å²) in [4.78, 5) is 29.2. The highest BCUT2D eigenvalue weighted by Gasteiger charge is 2.43. The van der Waals surface area contributed by atoms with Crippen LogP contribution in [0.4, 0.5) is 11.4 Å². The van der Waals surface area contributed by atoms with Crippen LogP contribution >= 0.6 is 11.3 Å². The molecule has 1 atom stereocenters. The highest BCUT2D eigenvalue weighted by Crippen LogP contribution is 2.33. The fraction of sp³-hybridized carbons (Fsp3) is 0.292. The van der Waals surface area contributed by atoms with E-state index in [9.17, 15) is 14.9 Å². The topological polar surface area (TPSA) is 102 Å². The molecule has 0 aliphatic carbocycles. The number of carbonyl (C=O) groups excluding carboxylic acids is 1. The minimum absolute atomic E-state index is 0.142. The Labute approximate surface area is 196 Å². The van der Waals surface area contributed by atoms with Gasteiger partial charge in [-0.3, -0.25) is 19.8 Å². The van der Waals surface area contributed by atoms with Gasteiger partial charge >= 0.3 is 0 Å². The second-order valence-corrected chi connectivity index (χ2v) is 8.80. The molecule has 0 saturated carbocycles. The predicted molar refractivity (Wildman–Crippen MR) is 129 cm³/mol. The van der Waals surface area contributed by atoms with Crippen molar-refractivity contribution < 1.29 is 14.5 Å². The lowest BCUT2D eigenvalue weighted by molar-refractivity contribution is -0.386. The number of methoxy groups -OCH3 is 1. The Bertz CT molecular complexity index is 1130. The molecule has 33 heavy (non-hydrogen) atoms. The third-order valence-corrected chi connectivity index (χ3v) is 6.72. The normalized spacial score (nSPS) is 16.2. The van der Waals surface area contributed by atoms with Crippen molar-refractivity contribution in [3.63, 3.8) is 0 Å². The van der Waals surface area contributed by atoms with Crippen LogP contribution in [0.15, 0.2) is 65.4 Å². The molecule has 2 aromatic carbocycles. The number of nitro groups is 1. The van der Waals surface area contributed by atoms with Crippen molar-refractivity contribution in [2.45, 2.75) is 5.54 Å². The molecule has 172 valence electrons. The van der Waals surface area contributed by atoms with Gasteiger partial charge in [-0.25, -0.2) is 0 Å². The smallest absolute Gasteiger partial charge is 0.274 e. The second kappa shape index (κ2) is 9.70. The number of ketones is 1. The number of hydrogen-bond acceptors (Lipinski definition) is 8. The minimum atomic E-state index is -1.54. The highest BCUT2D eigenvalue weighted by molar-refractivity contribution is 7.08. The lowest BCUT2D eigenvalue weighted by Crippen LogP contribution is -2.57. The van der Waals surface area contributed by atoms with Gasteiger partial charge in [-0.2, -0.15) is 11.3 Å². The lowest BCUT2D eigenvalue weighted by atomic mass is 9.82. The van der Waals surface area contributed by atoms with E-state index in [4.69, 9.17) is 10.5 Å². The number of hydrogen-bond donors (Lipinski definition) is 1. The van der Waals surface area contributed by atoms with E-state index in [2.05, 4.69) is 9.80 Å². The first-order valence-corrected chi connectivity index (χ1v) is 11.6. The van der Waals surface area contributed by atoms with Crippen molar-refractivity contribution in [3.8, 4) is 5.75 Å². The summed E-state index contributed by atoms with van der Waals surface area (Å²) in [6.45, 7) is 2.95. The van der Waals surface area contributed by atoms with E-state index in [1.165, 1.54) is 17.4 Å². The monoisotopic (exact) mass is 466 g/mol. The number of ether oxygens (including phenoxy) is 1. The van der Waals surface area contributed by atoms with E-state index < -0.39 is 10.5 Å². The molecule has 0 amide bonds. The van der Waals surface area contributed by atoms with Gasteiger partial charge in [0.15, 0.2) is 5.78 Å². The van der Waals surface area contributed by atoms with E-state index in [0.717, 1.165) is 24.5 Å². The molecule has 0 radical (unpaired) electrons. The molecule has 3 aromatic rings. The third kappa shape index (κ3) is 4.61. The number of piperazine rings is 1. The highest BCUT2D eigenvalue weighted by atomic mass is 32.1. The van der Waals surface area contributed by atoms with Crippen molar-refractivity contribution in [2.75, 3.05) is 44.7 Å². The van der Waals surface area contributed by atoms with Crippen molar-refractivity contribution in [1.29, 1.82) is 0 Å². The molecular formula is C24H26N4O4S. The average molecular weight is 467 g/mol. The summed E-state index contributed by atoms with van der Waals surface area (Å²) in [5.74, 6) is 0.497. The zero-order valence-corrected chi connectivity index (χ0v) is 19.2. The summed E-state index contributed by atoms with van der Waals surface area (Å²) in [6.07, 6.45) is 0. The molecule has 9 heteroatoms. The lowest BCUT2D eigenvalue weighted by Gasteiger charge is -2.40. The summed E-state index contributed by atoms with van der Waals surface area (Å²) >= 11 is 1.39. The van der Waals surface area contributed by atoms with Crippen LogP contribution < -0.4 is 15.4 Å². The van der Waals surface area contributed by atoms with Crippen LogP contribution in [0.1, 0.15) is 15.9 Å². The molecular weight excluding hydrogens is 440 g/mol. The Hall–Kier alpha value is -3.27. The van der Waals surface area contributed by atoms with E-state index in [-0.39, 0.29) is 23.6 Å². The van der Waals surface area contributed by atoms with E-state index in [1.54, 1.807) is 42.1 Å². The number of thiophene rings is 1. The summed E-state index contributed by atoms with van der Waals surface area (Å²) in [5, 5.41) is 15.3. The Morgan fingerprint density at radius 3 is 2.48 bits per heavy atom. The number of anilines is 1. The summed E-state index contributed by atoms with van der Waals surface area (Å²) in [5.41, 5.74) is 6.82. The van der Waals surface area contributed by atoms with Crippen molar-refractivity contribution in [1.82, 2.24) is 4.90 Å². The van der Waals surface area contributed by atoms with E-state index >= 15 is 0 Å². The van der Waals surface area contributed by atoms with Gasteiger partial charge in [0.05, 0.1) is 23.3 Å². The fourth-order valence-corrected chi connectivity index (χ4v) is 4.97. The summed E-state index contributed by atoms with van der Waals surface area (Å²) in [6, 6.07) is 15.8. The molecule has 0 bridgehead atoms. The van der Waals surface area contributed by atoms with E-state index in [1.807, 2.05) is 24.3 Å². The number of nitrogens with two attached hydrogens (primary N) is 1. The van der Waals surface area contributed by atoms with Gasteiger partial charge in [0.2, 0.25) is 0 Å². The number of Topliss-reactive ketones (excluding diaryl/α,β-unsaturated/α-hetero) is 1. The maximum Gasteiger partial charge on any atom is 0.274 e. The van der Waals surface area contributed by atoms with Crippen LogP contribution in [-0.2, 0) is 5.54 Å². The Morgan fingerprint density at radius 2 is 1.82 bits per heavy atom. The van der Waals surface area contributed by atoms with Crippen molar-refractivity contribution in [2.24, 2.45) is 5.73 Å². The Balaban J connectivity index is 1.60. The maximum absolute atomic E-state index is 13.6. The van der Waals surface area contributed by atoms with Crippen molar-refractivity contribution >= 4 is 28.5 Å². The van der Waals surface area contributed by atoms with Gasteiger partial charge in [-0.05, 0) is 29.6 Å². The van der Waals surface area contributed by atoms with Crippen LogP contribution in [0.2, 0.25) is 0 Å². The zero-order valence-electron chi connectivity index (χ0n) is 18.3. The van der Waals surface area contributed by atoms with Crippen LogP contribution in [0.3, 0.4) is 0 Å². The van der Waals surface area contributed by atoms with Crippen LogP contribution in [0.5, 0.6) is 5.75 Å². The van der Waals surface area contributed by atoms with E-state index in [0.29, 0.717) is 18.7 Å². The molecule has 0 spiro atoms. The molecule has 1 aliphatic rings. The summed E-state index contributed by atoms with van der Waals surface area (Å²) in [7, 11) is 1.65. The molecule has 2 N–H and O–H groups in total. The van der Waals surface area contributed by atoms with Crippen LogP contribution in [0.25, 0.3) is 0 Å². The predicted octanol–water partition coefficient (Wildman–Crippen LogP) is 3.52. The molecule has 8 nitrogen and oxygen atoms in total. The van der Waals surface area contributed by atoms with Gasteiger partial charge in [0.25, 0.3) is 5.69 Å². The van der Waals surface area contributed by atoms with Crippen LogP contribution in [0, 0.1) is 10.1 Å². The van der Waals surface area contributed by atoms with Crippen LogP contribution in [-0.4, -0.2) is 55.4 Å². The SMILES string of the molecule is COc1ccccc1N1CCN(CC(N)(C(=O)c2ccsc2)c2ccccc2[N+](=O)[O-])CC1. The van der Waals surface area contributed by atoms with Gasteiger partial charge in [-0.15, -0.1) is 0 Å². The number of nitro benzene ring substituents is 1. The van der Waals surface area contributed by atoms with Gasteiger partial charge in [0, 0.05) is 49.7 Å². The van der Waals surface area contributed by atoms with Crippen molar-refractivity contribution in [3.05, 3.63) is 86.6 Å². The quantitative estimate of drug-likeness (QED) is 0.308. The molecule has 1 fully saturated rings.